The molecule has 1 aromatic carbocycles. The zero-order chi connectivity index (χ0) is 11.5. The third kappa shape index (κ3) is 2.19. The van der Waals surface area contributed by atoms with Crippen LogP contribution in [0.25, 0.3) is 11.3 Å². The van der Waals surface area contributed by atoms with E-state index < -0.39 is 0 Å². The second-order valence-corrected chi connectivity index (χ2v) is 4.06. The molecule has 0 atom stereocenters. The van der Waals surface area contributed by atoms with E-state index in [0.717, 1.165) is 17.0 Å². The molecule has 16 heavy (non-hydrogen) atoms. The van der Waals surface area contributed by atoms with E-state index in [0.29, 0.717) is 16.5 Å². The zero-order valence-corrected chi connectivity index (χ0v) is 9.68. The molecule has 2 aromatic rings. The molecular formula is C11H7Cl2N3. The molecule has 0 saturated heterocycles. The van der Waals surface area contributed by atoms with Gasteiger partial charge in [-0.2, -0.15) is 10.4 Å². The Balaban J connectivity index is 2.36. The van der Waals surface area contributed by atoms with Crippen LogP contribution >= 0.6 is 23.2 Å². The number of nitrogens with zero attached hydrogens (tertiary/aromatic N) is 2. The summed E-state index contributed by atoms with van der Waals surface area (Å²) in [5, 5.41) is 16.4. The summed E-state index contributed by atoms with van der Waals surface area (Å²) in [4.78, 5) is 0. The van der Waals surface area contributed by atoms with Crippen LogP contribution in [0.2, 0.25) is 10.0 Å². The van der Waals surface area contributed by atoms with Gasteiger partial charge in [-0.05, 0) is 18.2 Å². The van der Waals surface area contributed by atoms with Gasteiger partial charge in [0.2, 0.25) is 0 Å². The maximum atomic E-state index is 8.54. The predicted molar refractivity (Wildman–Crippen MR) is 63.4 cm³/mol. The number of hydrogen-bond donors (Lipinski definition) is 1. The van der Waals surface area contributed by atoms with Crippen molar-refractivity contribution in [2.45, 2.75) is 6.42 Å². The fourth-order valence-electron chi connectivity index (χ4n) is 1.34. The van der Waals surface area contributed by atoms with Gasteiger partial charge in [0.15, 0.2) is 0 Å². The van der Waals surface area contributed by atoms with Gasteiger partial charge >= 0.3 is 0 Å². The molecule has 80 valence electrons. The number of rotatable bonds is 2. The van der Waals surface area contributed by atoms with Crippen LogP contribution in [0, 0.1) is 11.3 Å². The van der Waals surface area contributed by atoms with Gasteiger partial charge in [-0.15, -0.1) is 0 Å². The number of benzene rings is 1. The molecule has 1 heterocycles. The summed E-state index contributed by atoms with van der Waals surface area (Å²) < 4.78 is 0. The lowest BCUT2D eigenvalue weighted by atomic mass is 10.1. The highest BCUT2D eigenvalue weighted by atomic mass is 35.5. The van der Waals surface area contributed by atoms with Crippen molar-refractivity contribution in [1.29, 1.82) is 5.26 Å². The lowest BCUT2D eigenvalue weighted by Gasteiger charge is -1.98. The largest absolute Gasteiger partial charge is 0.281 e. The molecule has 0 aliphatic heterocycles. The molecule has 1 aromatic heterocycles. The second-order valence-electron chi connectivity index (χ2n) is 3.24. The van der Waals surface area contributed by atoms with E-state index in [-0.39, 0.29) is 0 Å². The van der Waals surface area contributed by atoms with Gasteiger partial charge in [0.05, 0.1) is 28.2 Å². The van der Waals surface area contributed by atoms with Gasteiger partial charge in [0, 0.05) is 11.3 Å². The molecule has 0 aliphatic rings. The van der Waals surface area contributed by atoms with Crippen molar-refractivity contribution in [3.63, 3.8) is 0 Å². The molecule has 0 fully saturated rings. The number of aromatic nitrogens is 2. The summed E-state index contributed by atoms with van der Waals surface area (Å²) >= 11 is 11.7. The van der Waals surface area contributed by atoms with Crippen LogP contribution in [0.3, 0.4) is 0 Å². The molecule has 0 amide bonds. The Kier molecular flexibility index (Phi) is 3.14. The molecule has 0 unspecified atom stereocenters. The van der Waals surface area contributed by atoms with E-state index in [1.54, 1.807) is 12.1 Å². The maximum absolute atomic E-state index is 8.54. The minimum absolute atomic E-state index is 0.314. The van der Waals surface area contributed by atoms with Gasteiger partial charge in [-0.1, -0.05) is 29.3 Å². The van der Waals surface area contributed by atoms with E-state index in [2.05, 4.69) is 16.3 Å². The Labute approximate surface area is 103 Å². The molecule has 0 radical (unpaired) electrons. The van der Waals surface area contributed by atoms with Gasteiger partial charge < -0.3 is 0 Å². The first-order valence-corrected chi connectivity index (χ1v) is 5.33. The first kappa shape index (κ1) is 11.0. The van der Waals surface area contributed by atoms with Crippen LogP contribution in [0.1, 0.15) is 5.69 Å². The minimum atomic E-state index is 0.314. The summed E-state index contributed by atoms with van der Waals surface area (Å²) in [6.07, 6.45) is 0.314. The van der Waals surface area contributed by atoms with E-state index in [1.807, 2.05) is 12.1 Å². The molecule has 0 aliphatic carbocycles. The van der Waals surface area contributed by atoms with Crippen molar-refractivity contribution in [3.05, 3.63) is 40.0 Å². The van der Waals surface area contributed by atoms with E-state index in [9.17, 15) is 0 Å². The van der Waals surface area contributed by atoms with Crippen molar-refractivity contribution in [1.82, 2.24) is 10.2 Å². The maximum Gasteiger partial charge on any atom is 0.0924 e. The average molecular weight is 252 g/mol. The highest BCUT2D eigenvalue weighted by Gasteiger charge is 2.06. The average Bonchev–Trinajstić information content (AvgIpc) is 2.71. The monoisotopic (exact) mass is 251 g/mol. The lowest BCUT2D eigenvalue weighted by molar-refractivity contribution is 1.02. The SMILES string of the molecule is N#CCc1cc(-c2ccc(Cl)c(Cl)c2)n[nH]1. The first-order valence-electron chi connectivity index (χ1n) is 4.57. The van der Waals surface area contributed by atoms with Crippen LogP contribution in [0.15, 0.2) is 24.3 Å². The Morgan fingerprint density at radius 1 is 1.25 bits per heavy atom. The number of nitriles is 1. The molecule has 0 bridgehead atoms. The van der Waals surface area contributed by atoms with Crippen molar-refractivity contribution < 1.29 is 0 Å². The topological polar surface area (TPSA) is 52.5 Å². The van der Waals surface area contributed by atoms with Crippen LogP contribution in [0.5, 0.6) is 0 Å². The van der Waals surface area contributed by atoms with Gasteiger partial charge in [-0.3, -0.25) is 5.10 Å². The van der Waals surface area contributed by atoms with Gasteiger partial charge in [0.1, 0.15) is 0 Å². The van der Waals surface area contributed by atoms with Crippen LogP contribution in [-0.4, -0.2) is 10.2 Å². The van der Waals surface area contributed by atoms with Crippen molar-refractivity contribution in [2.75, 3.05) is 0 Å². The molecule has 1 N–H and O–H groups in total. The van der Waals surface area contributed by atoms with Crippen molar-refractivity contribution in [3.8, 4) is 17.3 Å². The quantitative estimate of drug-likeness (QED) is 0.889. The van der Waals surface area contributed by atoms with E-state index >= 15 is 0 Å². The second kappa shape index (κ2) is 4.56. The molecule has 2 rings (SSSR count). The fraction of sp³-hybridized carbons (Fsp3) is 0.0909. The van der Waals surface area contributed by atoms with Crippen molar-refractivity contribution in [2.24, 2.45) is 0 Å². The van der Waals surface area contributed by atoms with Crippen LogP contribution < -0.4 is 0 Å². The van der Waals surface area contributed by atoms with Gasteiger partial charge in [0.25, 0.3) is 0 Å². The number of nitrogens with one attached hydrogen (secondary N) is 1. The highest BCUT2D eigenvalue weighted by Crippen LogP contribution is 2.27. The molecule has 0 saturated carbocycles. The third-order valence-electron chi connectivity index (χ3n) is 2.12. The zero-order valence-electron chi connectivity index (χ0n) is 8.17. The Bertz CT molecular complexity index is 555. The Morgan fingerprint density at radius 3 is 2.75 bits per heavy atom. The summed E-state index contributed by atoms with van der Waals surface area (Å²) in [6, 6.07) is 9.17. The molecule has 5 heteroatoms. The van der Waals surface area contributed by atoms with E-state index in [1.165, 1.54) is 0 Å². The molecule has 3 nitrogen and oxygen atoms in total. The molecule has 0 spiro atoms. The molecular weight excluding hydrogens is 245 g/mol. The summed E-state index contributed by atoms with van der Waals surface area (Å²) in [5.41, 5.74) is 2.40. The van der Waals surface area contributed by atoms with Crippen LogP contribution in [-0.2, 0) is 6.42 Å². The van der Waals surface area contributed by atoms with Gasteiger partial charge in [-0.25, -0.2) is 0 Å². The smallest absolute Gasteiger partial charge is 0.0924 e. The van der Waals surface area contributed by atoms with E-state index in [4.69, 9.17) is 28.5 Å². The summed E-state index contributed by atoms with van der Waals surface area (Å²) in [7, 11) is 0. The lowest BCUT2D eigenvalue weighted by Crippen LogP contribution is -1.79. The van der Waals surface area contributed by atoms with Crippen LogP contribution in [0.4, 0.5) is 0 Å². The third-order valence-corrected chi connectivity index (χ3v) is 2.85. The standard InChI is InChI=1S/C11H7Cl2N3/c12-9-2-1-7(5-10(9)13)11-6-8(3-4-14)15-16-11/h1-2,5-6H,3H2,(H,15,16). The minimum Gasteiger partial charge on any atom is -0.281 e. The van der Waals surface area contributed by atoms with Crippen molar-refractivity contribution >= 4 is 23.2 Å². The Morgan fingerprint density at radius 2 is 2.06 bits per heavy atom. The normalized spacial score (nSPS) is 10.1. The number of halogens is 2. The summed E-state index contributed by atoms with van der Waals surface area (Å²) in [6.45, 7) is 0. The Hall–Kier alpha value is -1.50. The highest BCUT2D eigenvalue weighted by molar-refractivity contribution is 6.42. The predicted octanol–water partition coefficient (Wildman–Crippen LogP) is 3.45. The fourth-order valence-corrected chi connectivity index (χ4v) is 1.64. The summed E-state index contributed by atoms with van der Waals surface area (Å²) in [5.74, 6) is 0. The number of hydrogen-bond acceptors (Lipinski definition) is 2. The number of aromatic amines is 1. The first-order chi connectivity index (χ1) is 7.70. The number of H-pyrrole nitrogens is 1.